The number of carboxylic acids is 1. The van der Waals surface area contributed by atoms with Crippen molar-refractivity contribution >= 4 is 23.5 Å². The first kappa shape index (κ1) is 17.7. The molecular formula is C16H21ClN2O4. The van der Waals surface area contributed by atoms with E-state index in [2.05, 4.69) is 0 Å². The van der Waals surface area contributed by atoms with Crippen LogP contribution in [0.25, 0.3) is 0 Å². The molecule has 1 unspecified atom stereocenters. The molecular weight excluding hydrogens is 320 g/mol. The average molecular weight is 341 g/mol. The molecule has 1 aromatic carbocycles. The Balaban J connectivity index is 1.89. The molecule has 1 heterocycles. The number of carbonyl (C=O) groups excluding carboxylic acids is 1. The molecule has 0 saturated carbocycles. The number of aliphatic carboxylic acids is 1. The highest BCUT2D eigenvalue weighted by atomic mass is 35.5. The zero-order chi connectivity index (χ0) is 16.8. The molecule has 0 spiro atoms. The van der Waals surface area contributed by atoms with Gasteiger partial charge in [0.2, 0.25) is 5.91 Å². The molecule has 2 rings (SSSR count). The van der Waals surface area contributed by atoms with Crippen LogP contribution >= 0.6 is 11.6 Å². The predicted octanol–water partition coefficient (Wildman–Crippen LogP) is 1.13. The number of carboxylic acid groups (broad SMARTS) is 1. The second-order valence-corrected chi connectivity index (χ2v) is 6.10. The number of halogens is 1. The fraction of sp³-hybridized carbons (Fsp3) is 0.500. The SMILES string of the molecule is CN(CC(=O)O)CC1CN(C(=O)Cc2ccccc2Cl)CCO1. The van der Waals surface area contributed by atoms with Gasteiger partial charge >= 0.3 is 5.97 Å². The average Bonchev–Trinajstić information content (AvgIpc) is 2.49. The third-order valence-electron chi connectivity index (χ3n) is 3.71. The lowest BCUT2D eigenvalue weighted by molar-refractivity contribution is -0.142. The lowest BCUT2D eigenvalue weighted by Crippen LogP contribution is -2.50. The molecule has 6 nitrogen and oxygen atoms in total. The number of hydrogen-bond donors (Lipinski definition) is 1. The smallest absolute Gasteiger partial charge is 0.317 e. The quantitative estimate of drug-likeness (QED) is 0.840. The van der Waals surface area contributed by atoms with E-state index >= 15 is 0 Å². The number of hydrogen-bond acceptors (Lipinski definition) is 4. The molecule has 1 saturated heterocycles. The number of amides is 1. The van der Waals surface area contributed by atoms with Crippen molar-refractivity contribution in [2.45, 2.75) is 12.5 Å². The summed E-state index contributed by atoms with van der Waals surface area (Å²) in [6.07, 6.45) is 0.0838. The zero-order valence-electron chi connectivity index (χ0n) is 13.1. The van der Waals surface area contributed by atoms with Crippen LogP contribution in [0, 0.1) is 0 Å². The van der Waals surface area contributed by atoms with Gasteiger partial charge in [0.1, 0.15) is 0 Å². The molecule has 7 heteroatoms. The number of likely N-dealkylation sites (N-methyl/N-ethyl adjacent to an activating group) is 1. The summed E-state index contributed by atoms with van der Waals surface area (Å²) in [5, 5.41) is 9.37. The van der Waals surface area contributed by atoms with E-state index < -0.39 is 5.97 Å². The van der Waals surface area contributed by atoms with Crippen LogP contribution in [0.1, 0.15) is 5.56 Å². The first-order chi connectivity index (χ1) is 11.0. The van der Waals surface area contributed by atoms with Crippen LogP contribution in [0.3, 0.4) is 0 Å². The van der Waals surface area contributed by atoms with E-state index in [0.717, 1.165) is 5.56 Å². The van der Waals surface area contributed by atoms with Gasteiger partial charge in [-0.2, -0.15) is 0 Å². The third kappa shape index (κ3) is 5.49. The molecule has 1 N–H and O–H groups in total. The second-order valence-electron chi connectivity index (χ2n) is 5.69. The highest BCUT2D eigenvalue weighted by Gasteiger charge is 2.25. The number of rotatable bonds is 6. The maximum atomic E-state index is 12.4. The van der Waals surface area contributed by atoms with Crippen molar-refractivity contribution in [2.24, 2.45) is 0 Å². The third-order valence-corrected chi connectivity index (χ3v) is 4.08. The second kappa shape index (κ2) is 8.29. The summed E-state index contributed by atoms with van der Waals surface area (Å²) in [6.45, 7) is 1.89. The van der Waals surface area contributed by atoms with Crippen molar-refractivity contribution < 1.29 is 19.4 Å². The Hall–Kier alpha value is -1.63. The van der Waals surface area contributed by atoms with Crippen molar-refractivity contribution in [1.29, 1.82) is 0 Å². The topological polar surface area (TPSA) is 70.1 Å². The maximum Gasteiger partial charge on any atom is 0.317 e. The van der Waals surface area contributed by atoms with Gasteiger partial charge in [-0.25, -0.2) is 0 Å². The van der Waals surface area contributed by atoms with Crippen molar-refractivity contribution in [3.05, 3.63) is 34.9 Å². The molecule has 0 aromatic heterocycles. The fourth-order valence-corrected chi connectivity index (χ4v) is 2.82. The summed E-state index contributed by atoms with van der Waals surface area (Å²) in [6, 6.07) is 7.31. The predicted molar refractivity (Wildman–Crippen MR) is 86.6 cm³/mol. The van der Waals surface area contributed by atoms with Gasteiger partial charge in [0.05, 0.1) is 25.7 Å². The minimum absolute atomic E-state index is 0.00675. The van der Waals surface area contributed by atoms with Crippen molar-refractivity contribution in [2.75, 3.05) is 39.8 Å². The van der Waals surface area contributed by atoms with Gasteiger partial charge in [-0.15, -0.1) is 0 Å². The normalized spacial score (nSPS) is 18.2. The van der Waals surface area contributed by atoms with E-state index in [4.69, 9.17) is 21.4 Å². The Morgan fingerprint density at radius 2 is 2.17 bits per heavy atom. The molecule has 1 fully saturated rings. The molecule has 0 aliphatic carbocycles. The highest BCUT2D eigenvalue weighted by Crippen LogP contribution is 2.17. The van der Waals surface area contributed by atoms with Crippen molar-refractivity contribution in [1.82, 2.24) is 9.80 Å². The molecule has 1 aliphatic rings. The van der Waals surface area contributed by atoms with E-state index in [1.807, 2.05) is 18.2 Å². The molecule has 126 valence electrons. The number of morpholine rings is 1. The van der Waals surface area contributed by atoms with E-state index in [9.17, 15) is 9.59 Å². The molecule has 23 heavy (non-hydrogen) atoms. The van der Waals surface area contributed by atoms with Crippen LogP contribution in [0.5, 0.6) is 0 Å². The van der Waals surface area contributed by atoms with Gasteiger partial charge in [0, 0.05) is 24.7 Å². The van der Waals surface area contributed by atoms with Gasteiger partial charge in [-0.1, -0.05) is 29.8 Å². The first-order valence-corrected chi connectivity index (χ1v) is 7.86. The Bertz CT molecular complexity index is 567. The molecule has 1 atom stereocenters. The monoisotopic (exact) mass is 340 g/mol. The van der Waals surface area contributed by atoms with Gasteiger partial charge in [-0.05, 0) is 18.7 Å². The van der Waals surface area contributed by atoms with E-state index in [0.29, 0.717) is 31.3 Å². The lowest BCUT2D eigenvalue weighted by atomic mass is 10.1. The Labute approximate surface area is 140 Å². The highest BCUT2D eigenvalue weighted by molar-refractivity contribution is 6.31. The fourth-order valence-electron chi connectivity index (χ4n) is 2.62. The van der Waals surface area contributed by atoms with Crippen LogP contribution in [0.4, 0.5) is 0 Å². The van der Waals surface area contributed by atoms with Crippen LogP contribution in [0.2, 0.25) is 5.02 Å². The number of ether oxygens (including phenoxy) is 1. The van der Waals surface area contributed by atoms with Crippen LogP contribution in [-0.2, 0) is 20.7 Å². The standard InChI is InChI=1S/C16H21ClN2O4/c1-18(11-16(21)22)9-13-10-19(6-7-23-13)15(20)8-12-4-2-3-5-14(12)17/h2-5,13H,6-11H2,1H3,(H,21,22). The Morgan fingerprint density at radius 1 is 1.43 bits per heavy atom. The Morgan fingerprint density at radius 3 is 2.87 bits per heavy atom. The van der Waals surface area contributed by atoms with Crippen molar-refractivity contribution in [3.63, 3.8) is 0 Å². The molecule has 1 aliphatic heterocycles. The van der Waals surface area contributed by atoms with E-state index in [1.165, 1.54) is 0 Å². The van der Waals surface area contributed by atoms with E-state index in [1.54, 1.807) is 22.9 Å². The number of benzene rings is 1. The van der Waals surface area contributed by atoms with Crippen LogP contribution < -0.4 is 0 Å². The summed E-state index contributed by atoms with van der Waals surface area (Å²) in [5.41, 5.74) is 0.810. The summed E-state index contributed by atoms with van der Waals surface area (Å²) in [5.74, 6) is -0.873. The summed E-state index contributed by atoms with van der Waals surface area (Å²) in [4.78, 5) is 26.6. The number of nitrogens with zero attached hydrogens (tertiary/aromatic N) is 2. The zero-order valence-corrected chi connectivity index (χ0v) is 13.8. The van der Waals surface area contributed by atoms with Crippen LogP contribution in [-0.4, -0.2) is 72.7 Å². The largest absolute Gasteiger partial charge is 0.480 e. The maximum absolute atomic E-state index is 12.4. The summed E-state index contributed by atoms with van der Waals surface area (Å²) in [7, 11) is 1.72. The van der Waals surface area contributed by atoms with Gasteiger partial charge in [0.25, 0.3) is 0 Å². The minimum Gasteiger partial charge on any atom is -0.480 e. The number of carbonyl (C=O) groups is 2. The lowest BCUT2D eigenvalue weighted by Gasteiger charge is -2.34. The Kier molecular flexibility index (Phi) is 6.38. The molecule has 1 aromatic rings. The van der Waals surface area contributed by atoms with Crippen molar-refractivity contribution in [3.8, 4) is 0 Å². The van der Waals surface area contributed by atoms with Crippen LogP contribution in [0.15, 0.2) is 24.3 Å². The summed E-state index contributed by atoms with van der Waals surface area (Å²) < 4.78 is 5.63. The van der Waals surface area contributed by atoms with Gasteiger partial charge in [0.15, 0.2) is 0 Å². The molecule has 0 radical (unpaired) electrons. The minimum atomic E-state index is -0.880. The van der Waals surface area contributed by atoms with Gasteiger partial charge in [-0.3, -0.25) is 14.5 Å². The summed E-state index contributed by atoms with van der Waals surface area (Å²) >= 11 is 6.10. The first-order valence-electron chi connectivity index (χ1n) is 7.49. The van der Waals surface area contributed by atoms with E-state index in [-0.39, 0.29) is 25.0 Å². The van der Waals surface area contributed by atoms with Gasteiger partial charge < -0.3 is 14.7 Å². The molecule has 1 amide bonds. The molecule has 0 bridgehead atoms.